The summed E-state index contributed by atoms with van der Waals surface area (Å²) >= 11 is 0. The van der Waals surface area contributed by atoms with E-state index in [0.717, 1.165) is 18.4 Å². The largest absolute Gasteiger partial charge is 0.378 e. The molecule has 0 fully saturated rings. The van der Waals surface area contributed by atoms with Gasteiger partial charge in [0.05, 0.1) is 12.7 Å². The van der Waals surface area contributed by atoms with Crippen LogP contribution in [0.1, 0.15) is 43.5 Å². The fourth-order valence-corrected chi connectivity index (χ4v) is 1.61. The van der Waals surface area contributed by atoms with Crippen LogP contribution in [0.3, 0.4) is 0 Å². The van der Waals surface area contributed by atoms with Gasteiger partial charge in [0.1, 0.15) is 0 Å². The summed E-state index contributed by atoms with van der Waals surface area (Å²) in [5.74, 6) is 0.157. The molecule has 0 aliphatic heterocycles. The van der Waals surface area contributed by atoms with Crippen LogP contribution in [0.25, 0.3) is 0 Å². The molecule has 1 rings (SSSR count). The van der Waals surface area contributed by atoms with Gasteiger partial charge in [0.2, 0.25) is 0 Å². The van der Waals surface area contributed by atoms with Gasteiger partial charge < -0.3 is 4.74 Å². The van der Waals surface area contributed by atoms with Gasteiger partial charge in [-0.2, -0.15) is 0 Å². The van der Waals surface area contributed by atoms with E-state index < -0.39 is 0 Å². The molecule has 2 nitrogen and oxygen atoms in total. The Balaban J connectivity index is 2.26. The summed E-state index contributed by atoms with van der Waals surface area (Å²) in [4.78, 5) is 11.7. The summed E-state index contributed by atoms with van der Waals surface area (Å²) in [5, 5.41) is 0. The number of Topliss-reactive ketones (excluding diaryl/α,β-unsaturated/α-hetero) is 1. The predicted molar refractivity (Wildman–Crippen MR) is 65.7 cm³/mol. The third kappa shape index (κ3) is 4.58. The zero-order valence-electron chi connectivity index (χ0n) is 10.1. The van der Waals surface area contributed by atoms with E-state index in [1.807, 2.05) is 30.3 Å². The van der Waals surface area contributed by atoms with E-state index >= 15 is 0 Å². The third-order valence-corrected chi connectivity index (χ3v) is 2.52. The standard InChI is InChI=1S/C14H20O2/c1-3-7-12(2)16-11-10-14(15)13-8-5-4-6-9-13/h4-6,8-9,12H,3,7,10-11H2,1-2H3. The summed E-state index contributed by atoms with van der Waals surface area (Å²) in [5.41, 5.74) is 0.772. The molecule has 0 saturated heterocycles. The highest BCUT2D eigenvalue weighted by atomic mass is 16.5. The zero-order valence-corrected chi connectivity index (χ0v) is 10.1. The van der Waals surface area contributed by atoms with Crippen LogP contribution in [0.15, 0.2) is 30.3 Å². The summed E-state index contributed by atoms with van der Waals surface area (Å²) in [6.45, 7) is 4.71. The summed E-state index contributed by atoms with van der Waals surface area (Å²) in [7, 11) is 0. The van der Waals surface area contributed by atoms with Gasteiger partial charge in [-0.15, -0.1) is 0 Å². The van der Waals surface area contributed by atoms with Crippen LogP contribution in [0.5, 0.6) is 0 Å². The Morgan fingerprint density at radius 3 is 2.62 bits per heavy atom. The van der Waals surface area contributed by atoms with E-state index in [9.17, 15) is 4.79 Å². The molecular weight excluding hydrogens is 200 g/mol. The second-order valence-corrected chi connectivity index (χ2v) is 4.01. The number of carbonyl (C=O) groups excluding carboxylic acids is 1. The van der Waals surface area contributed by atoms with Crippen molar-refractivity contribution in [2.75, 3.05) is 6.61 Å². The van der Waals surface area contributed by atoms with Gasteiger partial charge in [-0.25, -0.2) is 0 Å². The molecule has 0 aromatic heterocycles. The van der Waals surface area contributed by atoms with Gasteiger partial charge >= 0.3 is 0 Å². The summed E-state index contributed by atoms with van der Waals surface area (Å²) in [6.07, 6.45) is 2.90. The lowest BCUT2D eigenvalue weighted by atomic mass is 10.1. The van der Waals surface area contributed by atoms with E-state index in [0.29, 0.717) is 13.0 Å². The van der Waals surface area contributed by atoms with Gasteiger partial charge in [-0.1, -0.05) is 43.7 Å². The molecule has 0 radical (unpaired) electrons. The van der Waals surface area contributed by atoms with Crippen molar-refractivity contribution in [2.45, 2.75) is 39.2 Å². The molecule has 0 spiro atoms. The monoisotopic (exact) mass is 220 g/mol. The number of hydrogen-bond donors (Lipinski definition) is 0. The average Bonchev–Trinajstić information content (AvgIpc) is 2.30. The second kappa shape index (κ2) is 7.18. The quantitative estimate of drug-likeness (QED) is 0.658. The van der Waals surface area contributed by atoms with Crippen molar-refractivity contribution in [2.24, 2.45) is 0 Å². The van der Waals surface area contributed by atoms with Gasteiger partial charge in [0.15, 0.2) is 5.78 Å². The molecule has 0 heterocycles. The number of carbonyl (C=O) groups is 1. The highest BCUT2D eigenvalue weighted by molar-refractivity contribution is 5.96. The maximum absolute atomic E-state index is 11.7. The van der Waals surface area contributed by atoms with Gasteiger partial charge in [0.25, 0.3) is 0 Å². The minimum Gasteiger partial charge on any atom is -0.378 e. The predicted octanol–water partition coefficient (Wildman–Crippen LogP) is 3.46. The van der Waals surface area contributed by atoms with Crippen molar-refractivity contribution in [1.29, 1.82) is 0 Å². The molecular formula is C14H20O2. The molecule has 0 saturated carbocycles. The molecule has 0 aliphatic rings. The number of benzene rings is 1. The molecule has 1 aromatic carbocycles. The van der Waals surface area contributed by atoms with E-state index in [2.05, 4.69) is 13.8 Å². The molecule has 1 unspecified atom stereocenters. The molecule has 16 heavy (non-hydrogen) atoms. The fraction of sp³-hybridized carbons (Fsp3) is 0.500. The van der Waals surface area contributed by atoms with Crippen LogP contribution in [0, 0.1) is 0 Å². The lowest BCUT2D eigenvalue weighted by molar-refractivity contribution is 0.0543. The van der Waals surface area contributed by atoms with Crippen LogP contribution >= 0.6 is 0 Å². The molecule has 0 amide bonds. The maximum Gasteiger partial charge on any atom is 0.165 e. The van der Waals surface area contributed by atoms with E-state index in [1.165, 1.54) is 0 Å². The Morgan fingerprint density at radius 2 is 2.00 bits per heavy atom. The zero-order chi connectivity index (χ0) is 11.8. The van der Waals surface area contributed by atoms with Crippen molar-refractivity contribution in [3.63, 3.8) is 0 Å². The second-order valence-electron chi connectivity index (χ2n) is 4.01. The normalized spacial score (nSPS) is 12.4. The SMILES string of the molecule is CCCC(C)OCCC(=O)c1ccccc1. The van der Waals surface area contributed by atoms with Gasteiger partial charge in [-0.3, -0.25) is 4.79 Å². The molecule has 88 valence electrons. The van der Waals surface area contributed by atoms with Crippen molar-refractivity contribution < 1.29 is 9.53 Å². The lowest BCUT2D eigenvalue weighted by Crippen LogP contribution is -2.11. The Morgan fingerprint density at radius 1 is 1.31 bits per heavy atom. The van der Waals surface area contributed by atoms with Crippen molar-refractivity contribution >= 4 is 5.78 Å². The van der Waals surface area contributed by atoms with Gasteiger partial charge in [-0.05, 0) is 13.3 Å². The summed E-state index contributed by atoms with van der Waals surface area (Å²) in [6, 6.07) is 9.37. The fourth-order valence-electron chi connectivity index (χ4n) is 1.61. The smallest absolute Gasteiger partial charge is 0.165 e. The maximum atomic E-state index is 11.7. The first-order valence-electron chi connectivity index (χ1n) is 5.94. The minimum atomic E-state index is 0.157. The third-order valence-electron chi connectivity index (χ3n) is 2.52. The van der Waals surface area contributed by atoms with Crippen LogP contribution in [-0.4, -0.2) is 18.5 Å². The van der Waals surface area contributed by atoms with E-state index in [1.54, 1.807) is 0 Å². The molecule has 1 aromatic rings. The Hall–Kier alpha value is -1.15. The van der Waals surface area contributed by atoms with E-state index in [-0.39, 0.29) is 11.9 Å². The molecule has 2 heteroatoms. The number of ether oxygens (including phenoxy) is 1. The number of hydrogen-bond acceptors (Lipinski definition) is 2. The highest BCUT2D eigenvalue weighted by Crippen LogP contribution is 2.05. The van der Waals surface area contributed by atoms with Crippen LogP contribution in [-0.2, 0) is 4.74 Å². The average molecular weight is 220 g/mol. The molecule has 0 aliphatic carbocycles. The highest BCUT2D eigenvalue weighted by Gasteiger charge is 2.06. The Bertz CT molecular complexity index is 306. The van der Waals surface area contributed by atoms with Crippen LogP contribution in [0.2, 0.25) is 0 Å². The minimum absolute atomic E-state index is 0.157. The van der Waals surface area contributed by atoms with Crippen LogP contribution < -0.4 is 0 Å². The summed E-state index contributed by atoms with van der Waals surface area (Å²) < 4.78 is 5.55. The Labute approximate surface area is 97.6 Å². The number of ketones is 1. The molecule has 0 N–H and O–H groups in total. The van der Waals surface area contributed by atoms with Crippen molar-refractivity contribution in [3.05, 3.63) is 35.9 Å². The topological polar surface area (TPSA) is 26.3 Å². The first-order valence-corrected chi connectivity index (χ1v) is 5.94. The van der Waals surface area contributed by atoms with Crippen LogP contribution in [0.4, 0.5) is 0 Å². The Kier molecular flexibility index (Phi) is 5.79. The first kappa shape index (κ1) is 12.9. The van der Waals surface area contributed by atoms with Crippen molar-refractivity contribution in [1.82, 2.24) is 0 Å². The van der Waals surface area contributed by atoms with E-state index in [4.69, 9.17) is 4.74 Å². The first-order chi connectivity index (χ1) is 7.74. The molecule has 1 atom stereocenters. The van der Waals surface area contributed by atoms with Crippen molar-refractivity contribution in [3.8, 4) is 0 Å². The number of rotatable bonds is 7. The van der Waals surface area contributed by atoms with Gasteiger partial charge in [0, 0.05) is 12.0 Å². The molecule has 0 bridgehead atoms. The lowest BCUT2D eigenvalue weighted by Gasteiger charge is -2.11.